The van der Waals surface area contributed by atoms with Crippen molar-refractivity contribution < 1.29 is 4.74 Å². The fourth-order valence-electron chi connectivity index (χ4n) is 3.61. The van der Waals surface area contributed by atoms with E-state index in [1.807, 2.05) is 19.2 Å². The van der Waals surface area contributed by atoms with Crippen molar-refractivity contribution in [2.45, 2.75) is 24.7 Å². The van der Waals surface area contributed by atoms with E-state index < -0.39 is 0 Å². The van der Waals surface area contributed by atoms with E-state index in [0.717, 1.165) is 56.9 Å². The number of rotatable bonds is 6. The molecule has 0 unspecified atom stereocenters. The molecule has 25 heavy (non-hydrogen) atoms. The summed E-state index contributed by atoms with van der Waals surface area (Å²) in [7, 11) is 1.83. The van der Waals surface area contributed by atoms with Crippen LogP contribution in [-0.4, -0.2) is 63.8 Å². The molecule has 138 valence electrons. The minimum atomic E-state index is 0.215. The van der Waals surface area contributed by atoms with Gasteiger partial charge in [0.25, 0.3) is 0 Å². The van der Waals surface area contributed by atoms with Crippen molar-refractivity contribution in [1.82, 2.24) is 15.5 Å². The molecule has 1 saturated heterocycles. The van der Waals surface area contributed by atoms with E-state index >= 15 is 0 Å². The number of aliphatic imine (C=N–C) groups is 1. The second kappa shape index (κ2) is 8.88. The third kappa shape index (κ3) is 4.87. The quantitative estimate of drug-likeness (QED) is 0.600. The molecule has 1 aromatic carbocycles. The van der Waals surface area contributed by atoms with Crippen molar-refractivity contribution >= 4 is 17.6 Å². The Bertz CT molecular complexity index is 565. The highest BCUT2D eigenvalue weighted by Crippen LogP contribution is 2.43. The number of ether oxygens (including phenoxy) is 1. The predicted octanol–water partition coefficient (Wildman–Crippen LogP) is 2.26. The van der Waals surface area contributed by atoms with Crippen LogP contribution in [0.4, 0.5) is 0 Å². The van der Waals surface area contributed by atoms with E-state index in [2.05, 4.69) is 32.7 Å². The molecule has 0 amide bonds. The second-order valence-electron chi connectivity index (χ2n) is 6.95. The Morgan fingerprint density at radius 1 is 1.20 bits per heavy atom. The average Bonchev–Trinajstić information content (AvgIpc) is 2.61. The summed E-state index contributed by atoms with van der Waals surface area (Å²) in [6.07, 6.45) is 3.71. The number of benzene rings is 1. The minimum absolute atomic E-state index is 0.215. The molecule has 5 nitrogen and oxygen atoms in total. The van der Waals surface area contributed by atoms with Crippen LogP contribution in [0.15, 0.2) is 29.3 Å². The van der Waals surface area contributed by atoms with Gasteiger partial charge in [0.1, 0.15) is 0 Å². The molecule has 2 aliphatic rings. The van der Waals surface area contributed by atoms with Crippen LogP contribution in [0.3, 0.4) is 0 Å². The SMILES string of the molecule is CN=C(NCCN1CCOCC1)NCC1(c2ccc(Cl)cc2)CCC1. The number of morpholine rings is 1. The summed E-state index contributed by atoms with van der Waals surface area (Å²) in [6.45, 7) is 6.56. The Balaban J connectivity index is 1.47. The number of nitrogens with zero attached hydrogens (tertiary/aromatic N) is 2. The lowest BCUT2D eigenvalue weighted by Gasteiger charge is -2.43. The number of hydrogen-bond acceptors (Lipinski definition) is 3. The number of halogens is 1. The molecular formula is C19H29ClN4O. The standard InChI is InChI=1S/C19H29ClN4O/c1-21-18(22-9-10-24-11-13-25-14-12-24)23-15-19(7-2-8-19)16-3-5-17(20)6-4-16/h3-6H,2,7-15H2,1H3,(H2,21,22,23). The molecule has 1 heterocycles. The number of nitrogens with one attached hydrogen (secondary N) is 2. The van der Waals surface area contributed by atoms with E-state index in [9.17, 15) is 0 Å². The van der Waals surface area contributed by atoms with Crippen molar-refractivity contribution in [1.29, 1.82) is 0 Å². The molecule has 0 radical (unpaired) electrons. The zero-order valence-corrected chi connectivity index (χ0v) is 15.8. The summed E-state index contributed by atoms with van der Waals surface area (Å²) in [5.74, 6) is 0.883. The van der Waals surface area contributed by atoms with Gasteiger partial charge in [0.2, 0.25) is 0 Å². The lowest BCUT2D eigenvalue weighted by Crippen LogP contribution is -2.50. The van der Waals surface area contributed by atoms with Gasteiger partial charge in [-0.2, -0.15) is 0 Å². The first-order valence-electron chi connectivity index (χ1n) is 9.22. The molecule has 0 atom stereocenters. The minimum Gasteiger partial charge on any atom is -0.379 e. The fraction of sp³-hybridized carbons (Fsp3) is 0.632. The maximum atomic E-state index is 6.04. The van der Waals surface area contributed by atoms with Crippen molar-refractivity contribution in [2.24, 2.45) is 4.99 Å². The van der Waals surface area contributed by atoms with Crippen LogP contribution in [-0.2, 0) is 10.2 Å². The monoisotopic (exact) mass is 364 g/mol. The zero-order valence-electron chi connectivity index (χ0n) is 15.1. The smallest absolute Gasteiger partial charge is 0.191 e. The van der Waals surface area contributed by atoms with Gasteiger partial charge in [-0.25, -0.2) is 0 Å². The first kappa shape index (κ1) is 18.5. The Morgan fingerprint density at radius 3 is 2.52 bits per heavy atom. The maximum Gasteiger partial charge on any atom is 0.191 e. The molecule has 2 N–H and O–H groups in total. The van der Waals surface area contributed by atoms with Crippen molar-refractivity contribution in [3.63, 3.8) is 0 Å². The van der Waals surface area contributed by atoms with E-state index in [4.69, 9.17) is 16.3 Å². The third-order valence-corrected chi connectivity index (χ3v) is 5.66. The summed E-state index contributed by atoms with van der Waals surface area (Å²) in [4.78, 5) is 6.79. The molecule has 2 fully saturated rings. The molecule has 3 rings (SSSR count). The normalized spacial score (nSPS) is 20.8. The Hall–Kier alpha value is -1.30. The largest absolute Gasteiger partial charge is 0.379 e. The van der Waals surface area contributed by atoms with E-state index in [0.29, 0.717) is 0 Å². The van der Waals surface area contributed by atoms with Crippen LogP contribution in [0.1, 0.15) is 24.8 Å². The number of hydrogen-bond donors (Lipinski definition) is 2. The molecule has 0 aromatic heterocycles. The van der Waals surface area contributed by atoms with E-state index in [1.54, 1.807) is 0 Å². The maximum absolute atomic E-state index is 6.04. The molecule has 1 aromatic rings. The average molecular weight is 365 g/mol. The van der Waals surface area contributed by atoms with Gasteiger partial charge in [0, 0.05) is 50.2 Å². The summed E-state index contributed by atoms with van der Waals surface area (Å²) >= 11 is 6.04. The van der Waals surface area contributed by atoms with Gasteiger partial charge in [-0.3, -0.25) is 9.89 Å². The first-order chi connectivity index (χ1) is 12.2. The summed E-state index contributed by atoms with van der Waals surface area (Å²) < 4.78 is 5.39. The highest BCUT2D eigenvalue weighted by Gasteiger charge is 2.38. The predicted molar refractivity (Wildman–Crippen MR) is 104 cm³/mol. The van der Waals surface area contributed by atoms with Crippen LogP contribution in [0.5, 0.6) is 0 Å². The zero-order chi connectivity index (χ0) is 17.5. The lowest BCUT2D eigenvalue weighted by molar-refractivity contribution is 0.0389. The van der Waals surface area contributed by atoms with Crippen molar-refractivity contribution in [3.8, 4) is 0 Å². The Kier molecular flexibility index (Phi) is 6.57. The Labute approximate surface area is 155 Å². The molecule has 1 saturated carbocycles. The third-order valence-electron chi connectivity index (χ3n) is 5.41. The van der Waals surface area contributed by atoms with Crippen LogP contribution < -0.4 is 10.6 Å². The van der Waals surface area contributed by atoms with Crippen molar-refractivity contribution in [2.75, 3.05) is 53.0 Å². The topological polar surface area (TPSA) is 48.9 Å². The highest BCUT2D eigenvalue weighted by atomic mass is 35.5. The molecular weight excluding hydrogens is 336 g/mol. The number of guanidine groups is 1. The summed E-state index contributed by atoms with van der Waals surface area (Å²) in [5.41, 5.74) is 1.59. The van der Waals surface area contributed by atoms with Crippen molar-refractivity contribution in [3.05, 3.63) is 34.9 Å². The van der Waals surface area contributed by atoms with Gasteiger partial charge in [-0.15, -0.1) is 0 Å². The molecule has 0 bridgehead atoms. The molecule has 0 spiro atoms. The Morgan fingerprint density at radius 2 is 1.92 bits per heavy atom. The van der Waals surface area contributed by atoms with Crippen LogP contribution in [0, 0.1) is 0 Å². The van der Waals surface area contributed by atoms with E-state index in [1.165, 1.54) is 24.8 Å². The van der Waals surface area contributed by atoms with Gasteiger partial charge < -0.3 is 15.4 Å². The van der Waals surface area contributed by atoms with Crippen LogP contribution in [0.2, 0.25) is 5.02 Å². The molecule has 6 heteroatoms. The summed E-state index contributed by atoms with van der Waals surface area (Å²) in [5, 5.41) is 7.76. The molecule has 1 aliphatic carbocycles. The second-order valence-corrected chi connectivity index (χ2v) is 7.38. The first-order valence-corrected chi connectivity index (χ1v) is 9.60. The van der Waals surface area contributed by atoms with Crippen LogP contribution in [0.25, 0.3) is 0 Å². The highest BCUT2D eigenvalue weighted by molar-refractivity contribution is 6.30. The van der Waals surface area contributed by atoms with E-state index in [-0.39, 0.29) is 5.41 Å². The summed E-state index contributed by atoms with van der Waals surface area (Å²) in [6, 6.07) is 8.31. The van der Waals surface area contributed by atoms with Gasteiger partial charge in [-0.05, 0) is 30.5 Å². The fourth-order valence-corrected chi connectivity index (χ4v) is 3.73. The lowest BCUT2D eigenvalue weighted by atomic mass is 9.64. The van der Waals surface area contributed by atoms with Gasteiger partial charge in [0.05, 0.1) is 13.2 Å². The molecule has 1 aliphatic heterocycles. The van der Waals surface area contributed by atoms with Gasteiger partial charge in [0.15, 0.2) is 5.96 Å². The van der Waals surface area contributed by atoms with Gasteiger partial charge in [-0.1, -0.05) is 30.2 Å². The van der Waals surface area contributed by atoms with Crippen LogP contribution >= 0.6 is 11.6 Å². The van der Waals surface area contributed by atoms with Gasteiger partial charge >= 0.3 is 0 Å².